The Balaban J connectivity index is 1.21. The Hall–Kier alpha value is -8.07. The lowest BCUT2D eigenvalue weighted by Crippen LogP contribution is -2.15. The summed E-state index contributed by atoms with van der Waals surface area (Å²) in [5.74, 6) is 2.82. The van der Waals surface area contributed by atoms with E-state index in [1.54, 1.807) is 12.1 Å². The Morgan fingerprint density at radius 2 is 1.15 bits per heavy atom. The van der Waals surface area contributed by atoms with E-state index in [0.717, 1.165) is 55.7 Å². The molecule has 0 aliphatic carbocycles. The summed E-state index contributed by atoms with van der Waals surface area (Å²) in [6.07, 6.45) is 0. The van der Waals surface area contributed by atoms with Gasteiger partial charge in [-0.1, -0.05) is 109 Å². The van der Waals surface area contributed by atoms with Crippen LogP contribution in [0.15, 0.2) is 164 Å². The van der Waals surface area contributed by atoms with Crippen LogP contribution in [0.25, 0.3) is 66.5 Å². The molecule has 0 spiro atoms. The lowest BCUT2D eigenvalue weighted by atomic mass is 10.1. The summed E-state index contributed by atoms with van der Waals surface area (Å²) in [4.78, 5) is 20.8. The second kappa shape index (κ2) is 12.9. The van der Waals surface area contributed by atoms with E-state index in [4.69, 9.17) is 26.3 Å². The molecule has 7 aromatic carbocycles. The SMILES string of the molecule is [C-]#[N+]c1cc(-c2nc(-c3ccccc3)nc(-c3ccccc3)n2)cc(C#N)c1-n1c2ccccc2c2cc3c(cc21)N(c1ccccc1)c1ccccc1O3. The van der Waals surface area contributed by atoms with Crippen molar-refractivity contribution in [2.24, 2.45) is 0 Å². The van der Waals surface area contributed by atoms with E-state index in [1.807, 2.05) is 126 Å². The number of hydrogen-bond acceptors (Lipinski definition) is 6. The van der Waals surface area contributed by atoms with Gasteiger partial charge in [-0.25, -0.2) is 19.8 Å². The molecule has 3 heterocycles. The molecule has 0 N–H and O–H groups in total. The van der Waals surface area contributed by atoms with Crippen LogP contribution in [0.2, 0.25) is 0 Å². The van der Waals surface area contributed by atoms with Crippen molar-refractivity contribution >= 4 is 44.6 Å². The van der Waals surface area contributed by atoms with Crippen LogP contribution in [-0.4, -0.2) is 19.5 Å². The van der Waals surface area contributed by atoms with Crippen LogP contribution >= 0.6 is 0 Å². The molecule has 0 bridgehead atoms. The molecule has 8 heteroatoms. The molecular weight excluding hydrogens is 679 g/mol. The topological polar surface area (TPSA) is 84.2 Å². The number of nitriles is 1. The summed E-state index contributed by atoms with van der Waals surface area (Å²) in [6.45, 7) is 8.49. The molecule has 0 unspecified atom stereocenters. The molecule has 0 amide bonds. The average Bonchev–Trinajstić information content (AvgIpc) is 3.57. The number of ether oxygens (including phenoxy) is 1. The van der Waals surface area contributed by atoms with E-state index >= 15 is 0 Å². The first kappa shape index (κ1) is 31.6. The molecule has 0 fully saturated rings. The summed E-state index contributed by atoms with van der Waals surface area (Å²) in [5.41, 5.74) is 7.71. The number of para-hydroxylation sites is 4. The second-order valence-corrected chi connectivity index (χ2v) is 13.1. The van der Waals surface area contributed by atoms with E-state index in [1.165, 1.54) is 0 Å². The molecule has 2 aromatic heterocycles. The zero-order valence-corrected chi connectivity index (χ0v) is 29.1. The molecule has 10 rings (SSSR count). The Bertz CT molecular complexity index is 2940. The quantitative estimate of drug-likeness (QED) is 0.166. The minimum absolute atomic E-state index is 0.291. The number of anilines is 3. The van der Waals surface area contributed by atoms with Gasteiger partial charge in [0.15, 0.2) is 29.0 Å². The lowest BCUT2D eigenvalue weighted by molar-refractivity contribution is 0.478. The molecule has 1 aliphatic rings. The number of fused-ring (bicyclic) bond motifs is 5. The Morgan fingerprint density at radius 1 is 0.545 bits per heavy atom. The molecule has 0 saturated heterocycles. The van der Waals surface area contributed by atoms with Gasteiger partial charge in [-0.05, 0) is 54.6 Å². The number of benzene rings is 7. The fraction of sp³-hybridized carbons (Fsp3) is 0. The van der Waals surface area contributed by atoms with Crippen molar-refractivity contribution in [2.45, 2.75) is 0 Å². The van der Waals surface area contributed by atoms with Crippen molar-refractivity contribution in [2.75, 3.05) is 4.90 Å². The van der Waals surface area contributed by atoms with Gasteiger partial charge in [-0.2, -0.15) is 5.26 Å². The molecule has 55 heavy (non-hydrogen) atoms. The zero-order valence-electron chi connectivity index (χ0n) is 29.1. The first-order valence-electron chi connectivity index (χ1n) is 17.7. The number of rotatable bonds is 5. The van der Waals surface area contributed by atoms with Gasteiger partial charge in [0.1, 0.15) is 0 Å². The summed E-state index contributed by atoms with van der Waals surface area (Å²) in [5, 5.41) is 12.8. The highest BCUT2D eigenvalue weighted by Gasteiger charge is 2.29. The van der Waals surface area contributed by atoms with Gasteiger partial charge >= 0.3 is 0 Å². The van der Waals surface area contributed by atoms with E-state index in [2.05, 4.69) is 46.1 Å². The van der Waals surface area contributed by atoms with E-state index in [0.29, 0.717) is 45.7 Å². The van der Waals surface area contributed by atoms with Crippen LogP contribution in [0.3, 0.4) is 0 Å². The third-order valence-corrected chi connectivity index (χ3v) is 9.85. The van der Waals surface area contributed by atoms with Gasteiger partial charge in [0, 0.05) is 33.2 Å². The standard InChI is InChI=1S/C47H27N7O/c1-49-37-26-32(47-51-45(30-15-5-2-6-16-30)50-46(52-47)31-17-7-3-8-18-31)25-33(29-48)44(37)54-38-22-12-11-21-35(38)36-27-43-41(28-40(36)54)53(34-19-9-4-10-20-34)39-23-13-14-24-42(39)55-43/h2-28H. The molecule has 256 valence electrons. The second-order valence-electron chi connectivity index (χ2n) is 13.1. The number of aromatic nitrogens is 4. The van der Waals surface area contributed by atoms with Crippen LogP contribution in [0.1, 0.15) is 5.56 Å². The number of nitrogens with zero attached hydrogens (tertiary/aromatic N) is 7. The first-order valence-corrected chi connectivity index (χ1v) is 17.7. The Kier molecular flexibility index (Phi) is 7.40. The van der Waals surface area contributed by atoms with Crippen LogP contribution in [0, 0.1) is 17.9 Å². The largest absolute Gasteiger partial charge is 0.453 e. The van der Waals surface area contributed by atoms with Gasteiger partial charge < -0.3 is 14.2 Å². The van der Waals surface area contributed by atoms with E-state index in [9.17, 15) is 5.26 Å². The predicted octanol–water partition coefficient (Wildman–Crippen LogP) is 12.0. The van der Waals surface area contributed by atoms with Gasteiger partial charge in [0.2, 0.25) is 5.69 Å². The summed E-state index contributed by atoms with van der Waals surface area (Å²) in [7, 11) is 0. The maximum atomic E-state index is 10.9. The van der Waals surface area contributed by atoms with Crippen LogP contribution in [0.4, 0.5) is 22.7 Å². The van der Waals surface area contributed by atoms with Crippen molar-refractivity contribution < 1.29 is 4.74 Å². The summed E-state index contributed by atoms with van der Waals surface area (Å²) in [6, 6.07) is 55.8. The highest BCUT2D eigenvalue weighted by molar-refractivity contribution is 6.12. The molecule has 0 atom stereocenters. The van der Waals surface area contributed by atoms with E-state index in [-0.39, 0.29) is 0 Å². The molecule has 0 radical (unpaired) electrons. The fourth-order valence-electron chi connectivity index (χ4n) is 7.40. The molecule has 0 saturated carbocycles. The van der Waals surface area contributed by atoms with Crippen LogP contribution < -0.4 is 9.64 Å². The highest BCUT2D eigenvalue weighted by atomic mass is 16.5. The minimum Gasteiger partial charge on any atom is -0.453 e. The third-order valence-electron chi connectivity index (χ3n) is 9.85. The van der Waals surface area contributed by atoms with Gasteiger partial charge in [0.05, 0.1) is 46.3 Å². The van der Waals surface area contributed by atoms with Gasteiger partial charge in [-0.3, -0.25) is 0 Å². The minimum atomic E-state index is 0.291. The normalized spacial score (nSPS) is 11.7. The zero-order chi connectivity index (χ0) is 36.9. The molecule has 1 aliphatic heterocycles. The molecule has 8 nitrogen and oxygen atoms in total. The predicted molar refractivity (Wildman–Crippen MR) is 216 cm³/mol. The Morgan fingerprint density at radius 3 is 1.82 bits per heavy atom. The van der Waals surface area contributed by atoms with Gasteiger partial charge in [-0.15, -0.1) is 0 Å². The van der Waals surface area contributed by atoms with Gasteiger partial charge in [0.25, 0.3) is 0 Å². The van der Waals surface area contributed by atoms with E-state index < -0.39 is 0 Å². The smallest absolute Gasteiger partial charge is 0.212 e. The summed E-state index contributed by atoms with van der Waals surface area (Å²) >= 11 is 0. The highest BCUT2D eigenvalue weighted by Crippen LogP contribution is 2.53. The van der Waals surface area contributed by atoms with Crippen molar-refractivity contribution in [3.8, 4) is 57.4 Å². The van der Waals surface area contributed by atoms with Crippen molar-refractivity contribution in [1.29, 1.82) is 5.26 Å². The maximum Gasteiger partial charge on any atom is 0.212 e. The van der Waals surface area contributed by atoms with Crippen molar-refractivity contribution in [3.63, 3.8) is 0 Å². The third kappa shape index (κ3) is 5.25. The fourth-order valence-corrected chi connectivity index (χ4v) is 7.40. The molecular formula is C47H27N7O. The van der Waals surface area contributed by atoms with Crippen molar-refractivity contribution in [3.05, 3.63) is 181 Å². The summed E-state index contributed by atoms with van der Waals surface area (Å²) < 4.78 is 8.60. The monoisotopic (exact) mass is 705 g/mol. The average molecular weight is 706 g/mol. The lowest BCUT2D eigenvalue weighted by Gasteiger charge is -2.33. The number of hydrogen-bond donors (Lipinski definition) is 0. The first-order chi connectivity index (χ1) is 27.2. The van der Waals surface area contributed by atoms with Crippen molar-refractivity contribution in [1.82, 2.24) is 19.5 Å². The maximum absolute atomic E-state index is 10.9. The van der Waals surface area contributed by atoms with Crippen LogP contribution in [-0.2, 0) is 0 Å². The molecule has 9 aromatic rings. The van der Waals surface area contributed by atoms with Crippen LogP contribution in [0.5, 0.6) is 11.5 Å². The Labute approximate surface area is 316 Å².